The van der Waals surface area contributed by atoms with Gasteiger partial charge in [0, 0.05) is 6.42 Å². The second-order valence-corrected chi connectivity index (χ2v) is 6.10. The standard InChI is InChI=1S/C18H34O4/c1-2-3-4-5-6-7-8-9-10-11-12-13-14-15-16-18(21,22)17(19)20/h6-7,21-22H,2-5,8-16H2,1H3,(H,19,20). The fraction of sp³-hybridized carbons (Fsp3) is 0.833. The van der Waals surface area contributed by atoms with E-state index in [-0.39, 0.29) is 6.42 Å². The van der Waals surface area contributed by atoms with Crippen LogP contribution in [0.2, 0.25) is 0 Å². The highest BCUT2D eigenvalue weighted by atomic mass is 16.5. The summed E-state index contributed by atoms with van der Waals surface area (Å²) in [5.74, 6) is -4.11. The summed E-state index contributed by atoms with van der Waals surface area (Å²) in [5.41, 5.74) is 0. The number of carbonyl (C=O) groups is 1. The predicted octanol–water partition coefficient (Wildman–Crippen LogP) is 4.40. The lowest BCUT2D eigenvalue weighted by molar-refractivity contribution is -0.205. The van der Waals surface area contributed by atoms with Crippen molar-refractivity contribution in [1.29, 1.82) is 0 Å². The number of aliphatic carboxylic acids is 1. The lowest BCUT2D eigenvalue weighted by atomic mass is 10.0. The lowest BCUT2D eigenvalue weighted by Crippen LogP contribution is -2.37. The third kappa shape index (κ3) is 12.8. The van der Waals surface area contributed by atoms with Gasteiger partial charge in [0.2, 0.25) is 0 Å². The van der Waals surface area contributed by atoms with Crippen LogP contribution in [0.15, 0.2) is 12.2 Å². The molecule has 0 saturated heterocycles. The number of rotatable bonds is 15. The van der Waals surface area contributed by atoms with Crippen molar-refractivity contribution in [2.24, 2.45) is 0 Å². The Labute approximate surface area is 135 Å². The van der Waals surface area contributed by atoms with Crippen LogP contribution in [0.3, 0.4) is 0 Å². The molecule has 0 saturated carbocycles. The number of unbranched alkanes of at least 4 members (excludes halogenated alkanes) is 10. The number of carboxylic acid groups (broad SMARTS) is 1. The van der Waals surface area contributed by atoms with E-state index in [0.29, 0.717) is 6.42 Å². The van der Waals surface area contributed by atoms with Gasteiger partial charge < -0.3 is 15.3 Å². The highest BCUT2D eigenvalue weighted by Crippen LogP contribution is 2.15. The minimum absolute atomic E-state index is 0.0921. The molecule has 0 aromatic rings. The molecular weight excluding hydrogens is 280 g/mol. The van der Waals surface area contributed by atoms with E-state index in [9.17, 15) is 4.79 Å². The van der Waals surface area contributed by atoms with Crippen molar-refractivity contribution in [3.8, 4) is 0 Å². The number of hydrogen-bond donors (Lipinski definition) is 3. The molecule has 130 valence electrons. The van der Waals surface area contributed by atoms with Crippen LogP contribution in [-0.2, 0) is 4.79 Å². The summed E-state index contributed by atoms with van der Waals surface area (Å²) >= 11 is 0. The Morgan fingerprint density at radius 2 is 1.27 bits per heavy atom. The van der Waals surface area contributed by atoms with Crippen LogP contribution in [-0.4, -0.2) is 27.1 Å². The van der Waals surface area contributed by atoms with Gasteiger partial charge in [0.15, 0.2) is 0 Å². The molecule has 0 amide bonds. The molecule has 0 unspecified atom stereocenters. The van der Waals surface area contributed by atoms with E-state index >= 15 is 0 Å². The Bertz CT molecular complexity index is 297. The summed E-state index contributed by atoms with van der Waals surface area (Å²) in [6.07, 6.45) is 18.0. The molecule has 0 spiro atoms. The summed E-state index contributed by atoms with van der Waals surface area (Å²) in [4.78, 5) is 10.5. The minimum Gasteiger partial charge on any atom is -0.477 e. The maximum atomic E-state index is 10.5. The van der Waals surface area contributed by atoms with Crippen LogP contribution >= 0.6 is 0 Å². The van der Waals surface area contributed by atoms with Crippen LogP contribution in [0.4, 0.5) is 0 Å². The van der Waals surface area contributed by atoms with E-state index in [2.05, 4.69) is 19.1 Å². The van der Waals surface area contributed by atoms with E-state index in [1.807, 2.05) is 0 Å². The quantitative estimate of drug-likeness (QED) is 0.238. The molecule has 4 nitrogen and oxygen atoms in total. The number of aliphatic hydroxyl groups is 2. The Kier molecular flexibility index (Phi) is 13.2. The molecular formula is C18H34O4. The van der Waals surface area contributed by atoms with Gasteiger partial charge in [-0.3, -0.25) is 0 Å². The average Bonchev–Trinajstić information content (AvgIpc) is 2.47. The molecule has 0 fully saturated rings. The third-order valence-electron chi connectivity index (χ3n) is 3.88. The number of allylic oxidation sites excluding steroid dienone is 2. The molecule has 3 N–H and O–H groups in total. The fourth-order valence-corrected chi connectivity index (χ4v) is 2.37. The molecule has 0 aliphatic heterocycles. The Morgan fingerprint density at radius 1 is 0.818 bits per heavy atom. The summed E-state index contributed by atoms with van der Waals surface area (Å²) in [6.45, 7) is 2.22. The SMILES string of the molecule is CCCCCC=CCCCCCCCCCC(O)(O)C(=O)O. The topological polar surface area (TPSA) is 77.8 Å². The van der Waals surface area contributed by atoms with Crippen molar-refractivity contribution in [2.45, 2.75) is 96.2 Å². The maximum absolute atomic E-state index is 10.5. The first-order valence-electron chi connectivity index (χ1n) is 8.84. The first kappa shape index (κ1) is 21.1. The lowest BCUT2D eigenvalue weighted by Gasteiger charge is -2.15. The van der Waals surface area contributed by atoms with Crippen LogP contribution in [0.5, 0.6) is 0 Å². The second kappa shape index (κ2) is 13.8. The first-order chi connectivity index (χ1) is 10.5. The van der Waals surface area contributed by atoms with Gasteiger partial charge in [-0.1, -0.05) is 64.0 Å². The fourth-order valence-electron chi connectivity index (χ4n) is 2.37. The summed E-state index contributed by atoms with van der Waals surface area (Å²) in [7, 11) is 0. The molecule has 0 aromatic carbocycles. The highest BCUT2D eigenvalue weighted by Gasteiger charge is 2.31. The van der Waals surface area contributed by atoms with Crippen molar-refractivity contribution in [3.05, 3.63) is 12.2 Å². The van der Waals surface area contributed by atoms with Crippen LogP contribution < -0.4 is 0 Å². The summed E-state index contributed by atoms with van der Waals surface area (Å²) in [5, 5.41) is 26.8. The summed E-state index contributed by atoms with van der Waals surface area (Å²) < 4.78 is 0. The van der Waals surface area contributed by atoms with Crippen molar-refractivity contribution < 1.29 is 20.1 Å². The molecule has 0 radical (unpaired) electrons. The predicted molar refractivity (Wildman–Crippen MR) is 89.6 cm³/mol. The number of hydrogen-bond acceptors (Lipinski definition) is 3. The normalized spacial score (nSPS) is 12.1. The zero-order valence-corrected chi connectivity index (χ0v) is 14.1. The molecule has 0 atom stereocenters. The third-order valence-corrected chi connectivity index (χ3v) is 3.88. The van der Waals surface area contributed by atoms with Crippen LogP contribution in [0, 0.1) is 0 Å². The van der Waals surface area contributed by atoms with Crippen molar-refractivity contribution >= 4 is 5.97 Å². The van der Waals surface area contributed by atoms with Crippen LogP contribution in [0.1, 0.15) is 90.4 Å². The maximum Gasteiger partial charge on any atom is 0.364 e. The van der Waals surface area contributed by atoms with Gasteiger partial charge in [-0.25, -0.2) is 4.79 Å². The van der Waals surface area contributed by atoms with E-state index in [1.165, 1.54) is 51.4 Å². The monoisotopic (exact) mass is 314 g/mol. The molecule has 0 rings (SSSR count). The molecule has 0 aliphatic rings. The van der Waals surface area contributed by atoms with Crippen molar-refractivity contribution in [2.75, 3.05) is 0 Å². The van der Waals surface area contributed by atoms with Gasteiger partial charge in [0.1, 0.15) is 0 Å². The molecule has 22 heavy (non-hydrogen) atoms. The molecule has 4 heteroatoms. The summed E-state index contributed by atoms with van der Waals surface area (Å²) in [6, 6.07) is 0. The van der Waals surface area contributed by atoms with Gasteiger partial charge in [-0.15, -0.1) is 0 Å². The Hall–Kier alpha value is -0.870. The zero-order valence-electron chi connectivity index (χ0n) is 14.1. The number of carboxylic acids is 1. The molecule has 0 heterocycles. The zero-order chi connectivity index (χ0) is 16.7. The van der Waals surface area contributed by atoms with Crippen molar-refractivity contribution in [3.63, 3.8) is 0 Å². The van der Waals surface area contributed by atoms with Gasteiger partial charge in [0.05, 0.1) is 0 Å². The average molecular weight is 314 g/mol. The van der Waals surface area contributed by atoms with Gasteiger partial charge in [-0.05, 0) is 32.1 Å². The second-order valence-electron chi connectivity index (χ2n) is 6.10. The highest BCUT2D eigenvalue weighted by molar-refractivity contribution is 5.74. The van der Waals surface area contributed by atoms with Gasteiger partial charge in [-0.2, -0.15) is 0 Å². The van der Waals surface area contributed by atoms with Crippen LogP contribution in [0.25, 0.3) is 0 Å². The Morgan fingerprint density at radius 3 is 1.77 bits per heavy atom. The minimum atomic E-state index is -2.55. The van der Waals surface area contributed by atoms with Gasteiger partial charge in [0.25, 0.3) is 5.79 Å². The van der Waals surface area contributed by atoms with E-state index in [4.69, 9.17) is 15.3 Å². The van der Waals surface area contributed by atoms with E-state index in [0.717, 1.165) is 19.3 Å². The molecule has 0 bridgehead atoms. The molecule has 0 aliphatic carbocycles. The largest absolute Gasteiger partial charge is 0.477 e. The Balaban J connectivity index is 3.26. The van der Waals surface area contributed by atoms with Crippen molar-refractivity contribution in [1.82, 2.24) is 0 Å². The van der Waals surface area contributed by atoms with Gasteiger partial charge >= 0.3 is 5.97 Å². The van der Waals surface area contributed by atoms with E-state index < -0.39 is 11.8 Å². The molecule has 0 aromatic heterocycles. The first-order valence-corrected chi connectivity index (χ1v) is 8.84. The van der Waals surface area contributed by atoms with E-state index in [1.54, 1.807) is 0 Å². The smallest absolute Gasteiger partial charge is 0.364 e.